The van der Waals surface area contributed by atoms with Gasteiger partial charge in [0.05, 0.1) is 6.61 Å². The van der Waals surface area contributed by atoms with E-state index in [1.807, 2.05) is 0 Å². The molecular formula is C12H12BrN3O4. The molecule has 0 spiro atoms. The highest BCUT2D eigenvalue weighted by atomic mass is 79.9. The minimum Gasteiger partial charge on any atom is -0.445 e. The van der Waals surface area contributed by atoms with E-state index in [9.17, 15) is 9.59 Å². The predicted octanol–water partition coefficient (Wildman–Crippen LogP) is 0.676. The van der Waals surface area contributed by atoms with E-state index in [0.29, 0.717) is 15.7 Å². The van der Waals surface area contributed by atoms with Gasteiger partial charge < -0.3 is 15.2 Å². The van der Waals surface area contributed by atoms with E-state index in [-0.39, 0.29) is 25.3 Å². The quantitative estimate of drug-likeness (QED) is 0.852. The van der Waals surface area contributed by atoms with Crippen molar-refractivity contribution in [3.63, 3.8) is 0 Å². The Morgan fingerprint density at radius 2 is 2.35 bits per heavy atom. The summed E-state index contributed by atoms with van der Waals surface area (Å²) < 4.78 is 6.71. The number of ether oxygens (including phenoxy) is 1. The lowest BCUT2D eigenvalue weighted by Crippen LogP contribution is -2.27. The van der Waals surface area contributed by atoms with Gasteiger partial charge in [0.1, 0.15) is 16.7 Å². The summed E-state index contributed by atoms with van der Waals surface area (Å²) >= 11 is 3.11. The van der Waals surface area contributed by atoms with Crippen molar-refractivity contribution in [3.8, 4) is 0 Å². The van der Waals surface area contributed by atoms with Crippen LogP contribution < -0.4 is 10.9 Å². The molecule has 106 valence electrons. The average Bonchev–Trinajstić information content (AvgIpc) is 2.46. The highest BCUT2D eigenvalue weighted by molar-refractivity contribution is 9.10. The second-order valence-corrected chi connectivity index (χ2v) is 4.76. The number of aliphatic hydroxyl groups excluding tert-OH is 1. The zero-order valence-corrected chi connectivity index (χ0v) is 12.0. The van der Waals surface area contributed by atoms with Crippen LogP contribution in [-0.4, -0.2) is 33.7 Å². The molecule has 2 heterocycles. The zero-order chi connectivity index (χ0) is 14.5. The number of pyridine rings is 1. The molecule has 0 bridgehead atoms. The molecular weight excluding hydrogens is 330 g/mol. The molecule has 0 atom stereocenters. The summed E-state index contributed by atoms with van der Waals surface area (Å²) in [5.74, 6) is 0. The standard InChI is InChI=1S/C12H12BrN3O4/c13-9-6-15-10-5-8(1-3-16(10)11(9)18)7-20-12(19)14-2-4-17/h1,3,5-6,17H,2,4,7H2,(H,14,19). The summed E-state index contributed by atoms with van der Waals surface area (Å²) in [4.78, 5) is 27.1. The maximum absolute atomic E-state index is 11.8. The number of rotatable bonds is 4. The van der Waals surface area contributed by atoms with E-state index in [1.54, 1.807) is 18.3 Å². The van der Waals surface area contributed by atoms with Gasteiger partial charge in [-0.3, -0.25) is 9.20 Å². The molecule has 1 amide bonds. The number of alkyl carbamates (subject to hydrolysis) is 1. The molecule has 20 heavy (non-hydrogen) atoms. The van der Waals surface area contributed by atoms with Gasteiger partial charge in [-0.05, 0) is 33.6 Å². The van der Waals surface area contributed by atoms with E-state index in [2.05, 4.69) is 26.2 Å². The van der Waals surface area contributed by atoms with Gasteiger partial charge in [-0.1, -0.05) is 0 Å². The maximum Gasteiger partial charge on any atom is 0.407 e. The second-order valence-electron chi connectivity index (χ2n) is 3.90. The molecule has 2 rings (SSSR count). The first-order chi connectivity index (χ1) is 9.61. The summed E-state index contributed by atoms with van der Waals surface area (Å²) in [5, 5.41) is 10.9. The average molecular weight is 342 g/mol. The molecule has 0 aliphatic carbocycles. The first kappa shape index (κ1) is 14.5. The Kier molecular flexibility index (Phi) is 4.70. The van der Waals surface area contributed by atoms with Crippen LogP contribution in [0.25, 0.3) is 5.65 Å². The van der Waals surface area contributed by atoms with E-state index in [0.717, 1.165) is 0 Å². The highest BCUT2D eigenvalue weighted by Crippen LogP contribution is 2.07. The molecule has 0 aliphatic heterocycles. The first-order valence-electron chi connectivity index (χ1n) is 5.79. The normalized spacial score (nSPS) is 10.5. The van der Waals surface area contributed by atoms with Crippen LogP contribution >= 0.6 is 15.9 Å². The van der Waals surface area contributed by atoms with Crippen molar-refractivity contribution < 1.29 is 14.6 Å². The number of fused-ring (bicyclic) bond motifs is 1. The van der Waals surface area contributed by atoms with E-state index in [1.165, 1.54) is 10.6 Å². The zero-order valence-electron chi connectivity index (χ0n) is 10.4. The molecule has 0 fully saturated rings. The third-order valence-electron chi connectivity index (χ3n) is 2.48. The minimum atomic E-state index is -0.611. The van der Waals surface area contributed by atoms with Crippen LogP contribution in [0.1, 0.15) is 5.56 Å². The Morgan fingerprint density at radius 1 is 1.55 bits per heavy atom. The number of halogens is 1. The summed E-state index contributed by atoms with van der Waals surface area (Å²) in [6.45, 7) is 0.0496. The van der Waals surface area contributed by atoms with Gasteiger partial charge in [0, 0.05) is 18.9 Å². The molecule has 2 aromatic rings. The van der Waals surface area contributed by atoms with Crippen LogP contribution in [0.2, 0.25) is 0 Å². The fourth-order valence-electron chi connectivity index (χ4n) is 1.54. The number of hydrogen-bond acceptors (Lipinski definition) is 5. The lowest BCUT2D eigenvalue weighted by molar-refractivity contribution is 0.137. The lowest BCUT2D eigenvalue weighted by Gasteiger charge is -2.07. The van der Waals surface area contributed by atoms with E-state index in [4.69, 9.17) is 9.84 Å². The minimum absolute atomic E-state index is 0.0553. The number of carbonyl (C=O) groups excluding carboxylic acids is 1. The van der Waals surface area contributed by atoms with Crippen LogP contribution in [0, 0.1) is 0 Å². The van der Waals surface area contributed by atoms with Crippen molar-refractivity contribution in [2.45, 2.75) is 6.61 Å². The third-order valence-corrected chi connectivity index (χ3v) is 3.03. The number of nitrogens with one attached hydrogen (secondary N) is 1. The number of amides is 1. The monoisotopic (exact) mass is 341 g/mol. The molecule has 0 radical (unpaired) electrons. The van der Waals surface area contributed by atoms with Crippen LogP contribution in [0.3, 0.4) is 0 Å². The van der Waals surface area contributed by atoms with Crippen molar-refractivity contribution in [1.82, 2.24) is 14.7 Å². The summed E-state index contributed by atoms with van der Waals surface area (Å²) in [6.07, 6.45) is 2.39. The van der Waals surface area contributed by atoms with Gasteiger partial charge in [-0.2, -0.15) is 0 Å². The van der Waals surface area contributed by atoms with Gasteiger partial charge >= 0.3 is 6.09 Å². The molecule has 0 aromatic carbocycles. The van der Waals surface area contributed by atoms with Crippen LogP contribution in [-0.2, 0) is 11.3 Å². The van der Waals surface area contributed by atoms with Crippen LogP contribution in [0.15, 0.2) is 33.8 Å². The van der Waals surface area contributed by atoms with Crippen molar-refractivity contribution in [2.24, 2.45) is 0 Å². The topological polar surface area (TPSA) is 92.9 Å². The van der Waals surface area contributed by atoms with Crippen molar-refractivity contribution >= 4 is 27.7 Å². The Hall–Kier alpha value is -1.93. The summed E-state index contributed by atoms with van der Waals surface area (Å²) in [6, 6.07) is 3.33. The fraction of sp³-hybridized carbons (Fsp3) is 0.250. The molecule has 7 nitrogen and oxygen atoms in total. The van der Waals surface area contributed by atoms with Gasteiger partial charge in [0.15, 0.2) is 0 Å². The molecule has 0 aliphatic rings. The van der Waals surface area contributed by atoms with Crippen molar-refractivity contribution in [1.29, 1.82) is 0 Å². The number of hydrogen-bond donors (Lipinski definition) is 2. The van der Waals surface area contributed by atoms with Gasteiger partial charge in [0.2, 0.25) is 0 Å². The van der Waals surface area contributed by atoms with Gasteiger partial charge in [0.25, 0.3) is 5.56 Å². The maximum atomic E-state index is 11.8. The van der Waals surface area contributed by atoms with E-state index >= 15 is 0 Å². The van der Waals surface area contributed by atoms with Crippen LogP contribution in [0.4, 0.5) is 4.79 Å². The van der Waals surface area contributed by atoms with Crippen molar-refractivity contribution in [3.05, 3.63) is 44.9 Å². The molecule has 0 unspecified atom stereocenters. The largest absolute Gasteiger partial charge is 0.445 e. The van der Waals surface area contributed by atoms with Crippen LogP contribution in [0.5, 0.6) is 0 Å². The molecule has 2 aromatic heterocycles. The first-order valence-corrected chi connectivity index (χ1v) is 6.58. The second kappa shape index (κ2) is 6.49. The van der Waals surface area contributed by atoms with E-state index < -0.39 is 6.09 Å². The van der Waals surface area contributed by atoms with Gasteiger partial charge in [-0.15, -0.1) is 0 Å². The number of aromatic nitrogens is 2. The fourth-order valence-corrected chi connectivity index (χ4v) is 1.84. The summed E-state index contributed by atoms with van der Waals surface area (Å²) in [5.41, 5.74) is 0.969. The highest BCUT2D eigenvalue weighted by Gasteiger charge is 2.05. The molecule has 0 saturated carbocycles. The predicted molar refractivity (Wildman–Crippen MR) is 74.4 cm³/mol. The number of aliphatic hydroxyl groups is 1. The molecule has 0 saturated heterocycles. The summed E-state index contributed by atoms with van der Waals surface area (Å²) in [7, 11) is 0. The Morgan fingerprint density at radius 3 is 3.10 bits per heavy atom. The smallest absolute Gasteiger partial charge is 0.407 e. The Balaban J connectivity index is 2.11. The Bertz CT molecular complexity index is 686. The van der Waals surface area contributed by atoms with Crippen molar-refractivity contribution in [2.75, 3.05) is 13.2 Å². The SMILES string of the molecule is O=C(NCCO)OCc1ccn2c(=O)c(Br)cnc2c1. The molecule has 8 heteroatoms. The Labute approximate surface area is 122 Å². The number of carbonyl (C=O) groups is 1. The number of nitrogens with zero attached hydrogens (tertiary/aromatic N) is 2. The molecule has 2 N–H and O–H groups in total. The third kappa shape index (κ3) is 3.34. The van der Waals surface area contributed by atoms with Gasteiger partial charge in [-0.25, -0.2) is 9.78 Å². The lowest BCUT2D eigenvalue weighted by atomic mass is 10.3.